The normalized spacial score (nSPS) is 22.4. The molecule has 8 N–H and O–H groups in total. The molecule has 9 atom stereocenters. The number of unbranched alkanes of at least 4 members (excludes halogenated alkanes) is 19. The first-order chi connectivity index (χ1) is 27.7. The molecule has 1 amide bonds. The lowest BCUT2D eigenvalue weighted by Gasteiger charge is -2.40. The van der Waals surface area contributed by atoms with Crippen molar-refractivity contribution in [3.63, 3.8) is 0 Å². The van der Waals surface area contributed by atoms with Crippen LogP contribution >= 0.6 is 0 Å². The van der Waals surface area contributed by atoms with Gasteiger partial charge in [0.15, 0.2) is 6.29 Å². The quantitative estimate of drug-likeness (QED) is 0.0235. The van der Waals surface area contributed by atoms with E-state index in [1.807, 2.05) is 0 Å². The van der Waals surface area contributed by atoms with Crippen molar-refractivity contribution in [2.75, 3.05) is 13.2 Å². The Morgan fingerprint density at radius 3 is 1.56 bits per heavy atom. The summed E-state index contributed by atoms with van der Waals surface area (Å²) >= 11 is 0. The first-order valence-corrected chi connectivity index (χ1v) is 22.9. The fourth-order valence-electron chi connectivity index (χ4n) is 7.06. The average Bonchev–Trinajstić information content (AvgIpc) is 3.21. The number of aliphatic hydroxyl groups excluding tert-OH is 7. The number of carbonyl (C=O) groups excluding carboxylic acids is 1. The molecular weight excluding hydrogens is 727 g/mol. The van der Waals surface area contributed by atoms with Gasteiger partial charge in [-0.15, -0.1) is 0 Å². The molecule has 1 fully saturated rings. The summed E-state index contributed by atoms with van der Waals surface area (Å²) in [6.07, 6.45) is 29.4. The molecular formula is C46H85NO10. The molecule has 0 aromatic rings. The molecule has 1 rings (SSSR count). The summed E-state index contributed by atoms with van der Waals surface area (Å²) < 4.78 is 11.0. The molecule has 0 aliphatic carbocycles. The van der Waals surface area contributed by atoms with E-state index < -0.39 is 74.2 Å². The minimum atomic E-state index is -1.67. The van der Waals surface area contributed by atoms with Gasteiger partial charge in [0, 0.05) is 0 Å². The Morgan fingerprint density at radius 2 is 1.05 bits per heavy atom. The zero-order chi connectivity index (χ0) is 41.9. The minimum absolute atomic E-state index is 0.241. The first kappa shape index (κ1) is 53.3. The number of hydrogen-bond acceptors (Lipinski definition) is 10. The molecule has 0 aromatic heterocycles. The second-order valence-corrected chi connectivity index (χ2v) is 16.1. The Labute approximate surface area is 346 Å². The number of carbonyl (C=O) groups is 1. The molecule has 11 nitrogen and oxygen atoms in total. The third kappa shape index (κ3) is 26.2. The van der Waals surface area contributed by atoms with E-state index in [1.165, 1.54) is 89.9 Å². The lowest BCUT2D eigenvalue weighted by atomic mass is 9.98. The van der Waals surface area contributed by atoms with Gasteiger partial charge in [0.2, 0.25) is 5.91 Å². The predicted octanol–water partition coefficient (Wildman–Crippen LogP) is 7.22. The van der Waals surface area contributed by atoms with E-state index in [0.29, 0.717) is 19.3 Å². The molecule has 0 spiro atoms. The van der Waals surface area contributed by atoms with Crippen molar-refractivity contribution < 1.29 is 50.0 Å². The summed E-state index contributed by atoms with van der Waals surface area (Å²) in [5.74, 6) is -0.718. The number of nitrogens with one attached hydrogen (secondary N) is 1. The molecule has 1 aliphatic rings. The second kappa shape index (κ2) is 36.2. The molecule has 1 saturated heterocycles. The zero-order valence-corrected chi connectivity index (χ0v) is 35.8. The van der Waals surface area contributed by atoms with Crippen LogP contribution in [0.15, 0.2) is 36.5 Å². The van der Waals surface area contributed by atoms with Crippen LogP contribution in [0.25, 0.3) is 0 Å². The number of amides is 1. The highest BCUT2D eigenvalue weighted by Gasteiger charge is 2.44. The van der Waals surface area contributed by atoms with Crippen molar-refractivity contribution in [2.45, 2.75) is 236 Å². The summed E-state index contributed by atoms with van der Waals surface area (Å²) in [6, 6.07) is -1.19. The molecule has 0 saturated carbocycles. The van der Waals surface area contributed by atoms with E-state index >= 15 is 0 Å². The van der Waals surface area contributed by atoms with Gasteiger partial charge >= 0.3 is 0 Å². The molecule has 334 valence electrons. The molecule has 9 unspecified atom stereocenters. The van der Waals surface area contributed by atoms with Crippen LogP contribution in [-0.4, -0.2) is 110 Å². The van der Waals surface area contributed by atoms with Gasteiger partial charge in [0.1, 0.15) is 36.6 Å². The van der Waals surface area contributed by atoms with Crippen LogP contribution in [0.1, 0.15) is 181 Å². The number of aliphatic hydroxyl groups is 7. The molecule has 0 bridgehead atoms. The second-order valence-electron chi connectivity index (χ2n) is 16.1. The van der Waals surface area contributed by atoms with Crippen molar-refractivity contribution in [2.24, 2.45) is 0 Å². The minimum Gasteiger partial charge on any atom is -0.394 e. The third-order valence-electron chi connectivity index (χ3n) is 10.9. The first-order valence-electron chi connectivity index (χ1n) is 22.9. The van der Waals surface area contributed by atoms with Crippen LogP contribution < -0.4 is 5.32 Å². The number of allylic oxidation sites excluding steroid dienone is 6. The van der Waals surface area contributed by atoms with E-state index in [0.717, 1.165) is 44.9 Å². The van der Waals surface area contributed by atoms with E-state index in [4.69, 9.17) is 9.47 Å². The Balaban J connectivity index is 2.44. The Kier molecular flexibility index (Phi) is 33.9. The van der Waals surface area contributed by atoms with Crippen LogP contribution in [0.3, 0.4) is 0 Å². The molecule has 0 radical (unpaired) electrons. The fraction of sp³-hybridized carbons (Fsp3) is 0.848. The molecule has 1 aliphatic heterocycles. The predicted molar refractivity (Wildman–Crippen MR) is 228 cm³/mol. The van der Waals surface area contributed by atoms with Crippen molar-refractivity contribution >= 4 is 5.91 Å². The summed E-state index contributed by atoms with van der Waals surface area (Å²) in [4.78, 5) is 13.0. The van der Waals surface area contributed by atoms with E-state index in [-0.39, 0.29) is 12.8 Å². The van der Waals surface area contributed by atoms with Crippen LogP contribution in [0, 0.1) is 0 Å². The standard InChI is InChI=1S/C46H85NO10/c1-3-5-7-9-11-13-14-15-16-17-18-19-20-21-22-23-24-25-26-28-29-31-33-38(49)41(51)37(36-56-46-44(54)43(53)42(52)40(35-48)57-46)47-45(55)39(50)34-32-30-27-12-10-8-6-4-2/h18-19,22-23,26,28,37-44,46,48-54H,3-17,20-21,24-25,27,29-36H2,1-2H3,(H,47,55)/b19-18+,23-22+,28-26+. The Morgan fingerprint density at radius 1 is 0.596 bits per heavy atom. The Hall–Kier alpha value is -1.67. The third-order valence-corrected chi connectivity index (χ3v) is 10.9. The summed E-state index contributed by atoms with van der Waals surface area (Å²) in [6.45, 7) is 3.36. The maximum Gasteiger partial charge on any atom is 0.249 e. The highest BCUT2D eigenvalue weighted by Crippen LogP contribution is 2.23. The lowest BCUT2D eigenvalue weighted by Crippen LogP contribution is -2.60. The van der Waals surface area contributed by atoms with Crippen LogP contribution in [0.5, 0.6) is 0 Å². The number of rotatable bonds is 37. The summed E-state index contributed by atoms with van der Waals surface area (Å²) in [5, 5.41) is 75.3. The SMILES string of the molecule is CCCCCCCCCCC/C=C/CC/C=C/CC/C=C/CCCC(O)C(O)C(COC1OC(CO)C(O)C(O)C1O)NC(=O)C(O)CCCCCCCCCC. The summed E-state index contributed by atoms with van der Waals surface area (Å²) in [5.41, 5.74) is 0. The van der Waals surface area contributed by atoms with Gasteiger partial charge in [0.05, 0.1) is 25.4 Å². The van der Waals surface area contributed by atoms with Gasteiger partial charge in [-0.05, 0) is 64.2 Å². The van der Waals surface area contributed by atoms with Gasteiger partial charge in [-0.2, -0.15) is 0 Å². The largest absolute Gasteiger partial charge is 0.394 e. The van der Waals surface area contributed by atoms with Gasteiger partial charge in [-0.1, -0.05) is 153 Å². The van der Waals surface area contributed by atoms with E-state index in [2.05, 4.69) is 55.6 Å². The van der Waals surface area contributed by atoms with Crippen molar-refractivity contribution in [3.05, 3.63) is 36.5 Å². The zero-order valence-electron chi connectivity index (χ0n) is 35.8. The van der Waals surface area contributed by atoms with E-state index in [1.54, 1.807) is 0 Å². The van der Waals surface area contributed by atoms with Crippen LogP contribution in [-0.2, 0) is 14.3 Å². The lowest BCUT2D eigenvalue weighted by molar-refractivity contribution is -0.303. The van der Waals surface area contributed by atoms with Crippen molar-refractivity contribution in [1.29, 1.82) is 0 Å². The average molecular weight is 812 g/mol. The maximum absolute atomic E-state index is 13.0. The summed E-state index contributed by atoms with van der Waals surface area (Å²) in [7, 11) is 0. The van der Waals surface area contributed by atoms with Crippen LogP contribution in [0.4, 0.5) is 0 Å². The van der Waals surface area contributed by atoms with Gasteiger partial charge in [-0.25, -0.2) is 0 Å². The number of hydrogen-bond donors (Lipinski definition) is 8. The molecule has 11 heteroatoms. The van der Waals surface area contributed by atoms with Gasteiger partial charge in [-0.3, -0.25) is 4.79 Å². The van der Waals surface area contributed by atoms with E-state index in [9.17, 15) is 40.5 Å². The molecule has 0 aromatic carbocycles. The smallest absolute Gasteiger partial charge is 0.249 e. The highest BCUT2D eigenvalue weighted by molar-refractivity contribution is 5.80. The maximum atomic E-state index is 13.0. The van der Waals surface area contributed by atoms with Crippen LogP contribution in [0.2, 0.25) is 0 Å². The molecule has 1 heterocycles. The monoisotopic (exact) mass is 812 g/mol. The topological polar surface area (TPSA) is 189 Å². The van der Waals surface area contributed by atoms with Crippen molar-refractivity contribution in [1.82, 2.24) is 5.32 Å². The Bertz CT molecular complexity index is 1020. The van der Waals surface area contributed by atoms with Crippen molar-refractivity contribution in [3.8, 4) is 0 Å². The van der Waals surface area contributed by atoms with Gasteiger partial charge < -0.3 is 50.5 Å². The fourth-order valence-corrected chi connectivity index (χ4v) is 7.06. The highest BCUT2D eigenvalue weighted by atomic mass is 16.7. The van der Waals surface area contributed by atoms with Gasteiger partial charge in [0.25, 0.3) is 0 Å². The number of ether oxygens (including phenoxy) is 2. The molecule has 57 heavy (non-hydrogen) atoms.